The molecule has 14 heavy (non-hydrogen) atoms. The average molecular weight is 192 g/mol. The lowest BCUT2D eigenvalue weighted by Crippen LogP contribution is -1.98. The van der Waals surface area contributed by atoms with Crippen molar-refractivity contribution in [3.63, 3.8) is 0 Å². The van der Waals surface area contributed by atoms with Gasteiger partial charge in [-0.3, -0.25) is 0 Å². The van der Waals surface area contributed by atoms with Gasteiger partial charge in [-0.05, 0) is 12.1 Å². The quantitative estimate of drug-likeness (QED) is 0.727. The number of carboxylic acid groups (broad SMARTS) is 1. The molecule has 0 saturated heterocycles. The van der Waals surface area contributed by atoms with E-state index in [1.165, 1.54) is 18.3 Å². The Kier molecular flexibility index (Phi) is 1.94. The Hall–Kier alpha value is -1.88. The minimum Gasteiger partial charge on any atom is -0.478 e. The van der Waals surface area contributed by atoms with Crippen molar-refractivity contribution in [2.45, 2.75) is 6.61 Å². The second-order valence-corrected chi connectivity index (χ2v) is 2.86. The van der Waals surface area contributed by atoms with Gasteiger partial charge in [-0.1, -0.05) is 0 Å². The molecule has 2 aromatic heterocycles. The number of aromatic nitrogens is 2. The number of fused-ring (bicyclic) bond motifs is 1. The predicted octanol–water partition coefficient (Wildman–Crippen LogP) is 0.525. The summed E-state index contributed by atoms with van der Waals surface area (Å²) < 4.78 is 1.65. The summed E-state index contributed by atoms with van der Waals surface area (Å²) in [6.45, 7) is -0.117. The van der Waals surface area contributed by atoms with E-state index in [9.17, 15) is 4.79 Å². The number of aliphatic hydroxyl groups excluding tert-OH is 1. The van der Waals surface area contributed by atoms with Crippen LogP contribution in [0.5, 0.6) is 0 Å². The van der Waals surface area contributed by atoms with Gasteiger partial charge in [-0.15, -0.1) is 0 Å². The van der Waals surface area contributed by atoms with Gasteiger partial charge in [0.2, 0.25) is 0 Å². The van der Waals surface area contributed by atoms with Crippen molar-refractivity contribution in [1.82, 2.24) is 9.38 Å². The molecular formula is C9H8N2O3. The van der Waals surface area contributed by atoms with Crippen LogP contribution in [0.3, 0.4) is 0 Å². The molecule has 2 N–H and O–H groups in total. The highest BCUT2D eigenvalue weighted by atomic mass is 16.4. The Labute approximate surface area is 79.2 Å². The number of aliphatic hydroxyl groups is 1. The standard InChI is InChI=1S/C9H8N2O3/c12-5-7-4-10-8-3-6(9(13)14)1-2-11(7)8/h1-4,12H,5H2,(H,13,14). The molecule has 2 rings (SSSR count). The number of hydrogen-bond acceptors (Lipinski definition) is 3. The Morgan fingerprint density at radius 2 is 2.36 bits per heavy atom. The van der Waals surface area contributed by atoms with Crippen LogP contribution in [0.25, 0.3) is 5.65 Å². The van der Waals surface area contributed by atoms with Gasteiger partial charge in [0.1, 0.15) is 5.65 Å². The predicted molar refractivity (Wildman–Crippen MR) is 48.1 cm³/mol. The Balaban J connectivity index is 2.63. The molecule has 5 heteroatoms. The molecule has 0 aromatic carbocycles. The molecule has 5 nitrogen and oxygen atoms in total. The number of aromatic carboxylic acids is 1. The lowest BCUT2D eigenvalue weighted by molar-refractivity contribution is 0.0697. The highest BCUT2D eigenvalue weighted by Gasteiger charge is 2.06. The SMILES string of the molecule is O=C(O)c1ccn2c(CO)cnc2c1. The monoisotopic (exact) mass is 192 g/mol. The summed E-state index contributed by atoms with van der Waals surface area (Å²) in [5.74, 6) is -0.985. The Bertz CT molecular complexity index is 490. The van der Waals surface area contributed by atoms with Crippen LogP contribution in [-0.2, 0) is 6.61 Å². The van der Waals surface area contributed by atoms with Crippen molar-refractivity contribution >= 4 is 11.6 Å². The molecule has 0 saturated carbocycles. The summed E-state index contributed by atoms with van der Waals surface area (Å²) >= 11 is 0. The van der Waals surface area contributed by atoms with Gasteiger partial charge in [0.25, 0.3) is 0 Å². The maximum absolute atomic E-state index is 10.6. The number of carbonyl (C=O) groups is 1. The first-order valence-corrected chi connectivity index (χ1v) is 4.02. The molecule has 2 aromatic rings. The zero-order valence-corrected chi connectivity index (χ0v) is 7.21. The van der Waals surface area contributed by atoms with E-state index >= 15 is 0 Å². The first-order chi connectivity index (χ1) is 6.72. The van der Waals surface area contributed by atoms with Crippen LogP contribution in [0.15, 0.2) is 24.5 Å². The maximum Gasteiger partial charge on any atom is 0.335 e. The second kappa shape index (κ2) is 3.12. The lowest BCUT2D eigenvalue weighted by atomic mass is 10.3. The van der Waals surface area contributed by atoms with Gasteiger partial charge < -0.3 is 14.6 Å². The minimum absolute atomic E-state index is 0.117. The maximum atomic E-state index is 10.6. The molecule has 0 fully saturated rings. The molecule has 0 bridgehead atoms. The van der Waals surface area contributed by atoms with E-state index in [4.69, 9.17) is 10.2 Å². The number of imidazole rings is 1. The van der Waals surface area contributed by atoms with E-state index in [2.05, 4.69) is 4.98 Å². The fourth-order valence-corrected chi connectivity index (χ4v) is 1.28. The number of pyridine rings is 1. The summed E-state index contributed by atoms with van der Waals surface area (Å²) in [5.41, 5.74) is 1.35. The molecule has 0 aliphatic carbocycles. The van der Waals surface area contributed by atoms with Crippen molar-refractivity contribution in [3.8, 4) is 0 Å². The van der Waals surface area contributed by atoms with E-state index in [0.29, 0.717) is 11.3 Å². The van der Waals surface area contributed by atoms with Gasteiger partial charge in [0.15, 0.2) is 0 Å². The van der Waals surface area contributed by atoms with E-state index in [1.807, 2.05) is 0 Å². The molecule has 0 atom stereocenters. The van der Waals surface area contributed by atoms with Gasteiger partial charge in [-0.25, -0.2) is 9.78 Å². The van der Waals surface area contributed by atoms with E-state index in [0.717, 1.165) is 0 Å². The molecular weight excluding hydrogens is 184 g/mol. The lowest BCUT2D eigenvalue weighted by Gasteiger charge is -1.98. The molecule has 0 unspecified atom stereocenters. The van der Waals surface area contributed by atoms with Crippen LogP contribution in [-0.4, -0.2) is 25.6 Å². The summed E-state index contributed by atoms with van der Waals surface area (Å²) in [4.78, 5) is 14.6. The largest absolute Gasteiger partial charge is 0.478 e. The van der Waals surface area contributed by atoms with Crippen LogP contribution < -0.4 is 0 Å². The summed E-state index contributed by atoms with van der Waals surface area (Å²) in [5, 5.41) is 17.6. The fourth-order valence-electron chi connectivity index (χ4n) is 1.28. The van der Waals surface area contributed by atoms with Crippen molar-refractivity contribution in [3.05, 3.63) is 35.8 Å². The van der Waals surface area contributed by atoms with Gasteiger partial charge >= 0.3 is 5.97 Å². The van der Waals surface area contributed by atoms with Crippen LogP contribution >= 0.6 is 0 Å². The van der Waals surface area contributed by atoms with E-state index in [-0.39, 0.29) is 12.2 Å². The highest BCUT2D eigenvalue weighted by molar-refractivity contribution is 5.88. The van der Waals surface area contributed by atoms with Crippen molar-refractivity contribution < 1.29 is 15.0 Å². The zero-order chi connectivity index (χ0) is 10.1. The molecule has 0 spiro atoms. The average Bonchev–Trinajstić information content (AvgIpc) is 2.59. The number of rotatable bonds is 2. The third kappa shape index (κ3) is 1.23. The third-order valence-electron chi connectivity index (χ3n) is 2.00. The topological polar surface area (TPSA) is 74.8 Å². The number of nitrogens with zero attached hydrogens (tertiary/aromatic N) is 2. The third-order valence-corrected chi connectivity index (χ3v) is 2.00. The molecule has 0 aliphatic rings. The molecule has 72 valence electrons. The second-order valence-electron chi connectivity index (χ2n) is 2.86. The smallest absolute Gasteiger partial charge is 0.335 e. The van der Waals surface area contributed by atoms with Gasteiger partial charge in [-0.2, -0.15) is 0 Å². The zero-order valence-electron chi connectivity index (χ0n) is 7.21. The molecule has 0 aliphatic heterocycles. The summed E-state index contributed by atoms with van der Waals surface area (Å²) in [6, 6.07) is 2.93. The normalized spacial score (nSPS) is 10.6. The van der Waals surface area contributed by atoms with E-state index in [1.54, 1.807) is 10.6 Å². The minimum atomic E-state index is -0.985. The van der Waals surface area contributed by atoms with Crippen LogP contribution in [0.4, 0.5) is 0 Å². The van der Waals surface area contributed by atoms with Crippen molar-refractivity contribution in [1.29, 1.82) is 0 Å². The highest BCUT2D eigenvalue weighted by Crippen LogP contribution is 2.09. The summed E-state index contributed by atoms with van der Waals surface area (Å²) in [6.07, 6.45) is 3.10. The Morgan fingerprint density at radius 3 is 3.00 bits per heavy atom. The van der Waals surface area contributed by atoms with Crippen molar-refractivity contribution in [2.24, 2.45) is 0 Å². The Morgan fingerprint density at radius 1 is 1.57 bits per heavy atom. The number of carboxylic acids is 1. The van der Waals surface area contributed by atoms with Gasteiger partial charge in [0, 0.05) is 6.20 Å². The molecule has 0 radical (unpaired) electrons. The fraction of sp³-hybridized carbons (Fsp3) is 0.111. The molecule has 2 heterocycles. The van der Waals surface area contributed by atoms with Crippen molar-refractivity contribution in [2.75, 3.05) is 0 Å². The first-order valence-electron chi connectivity index (χ1n) is 4.02. The number of hydrogen-bond donors (Lipinski definition) is 2. The molecule has 0 amide bonds. The van der Waals surface area contributed by atoms with E-state index < -0.39 is 5.97 Å². The van der Waals surface area contributed by atoms with Gasteiger partial charge in [0.05, 0.1) is 24.1 Å². The summed E-state index contributed by atoms with van der Waals surface area (Å²) in [7, 11) is 0. The first kappa shape index (κ1) is 8.71. The van der Waals surface area contributed by atoms with Crippen LogP contribution in [0, 0.1) is 0 Å². The van der Waals surface area contributed by atoms with Crippen LogP contribution in [0.2, 0.25) is 0 Å². The van der Waals surface area contributed by atoms with Crippen LogP contribution in [0.1, 0.15) is 16.1 Å².